The Labute approximate surface area is 378 Å². The van der Waals surface area contributed by atoms with E-state index in [-0.39, 0.29) is 31.1 Å². The number of hydrogen-bond donors (Lipinski definition) is 0. The number of carbonyl (C=O) groups excluding carboxylic acids is 3. The van der Waals surface area contributed by atoms with E-state index in [4.69, 9.17) is 14.2 Å². The highest BCUT2D eigenvalue weighted by Crippen LogP contribution is 2.15. The molecule has 0 rings (SSSR count). The monoisotopic (exact) mass is 855 g/mol. The summed E-state index contributed by atoms with van der Waals surface area (Å²) in [5, 5.41) is 0. The van der Waals surface area contributed by atoms with E-state index in [2.05, 4.69) is 69.4 Å². The Morgan fingerprint density at radius 3 is 0.967 bits per heavy atom. The van der Waals surface area contributed by atoms with Crippen molar-refractivity contribution in [1.82, 2.24) is 0 Å². The summed E-state index contributed by atoms with van der Waals surface area (Å²) in [5.74, 6) is -0.901. The number of allylic oxidation sites excluding steroid dienone is 8. The molecule has 0 heterocycles. The van der Waals surface area contributed by atoms with Crippen molar-refractivity contribution in [2.24, 2.45) is 0 Å². The molecule has 1 unspecified atom stereocenters. The van der Waals surface area contributed by atoms with Gasteiger partial charge in [0.05, 0.1) is 0 Å². The van der Waals surface area contributed by atoms with E-state index >= 15 is 0 Å². The fourth-order valence-corrected chi connectivity index (χ4v) is 7.33. The summed E-state index contributed by atoms with van der Waals surface area (Å²) in [6.45, 7) is 6.52. The predicted molar refractivity (Wildman–Crippen MR) is 261 cm³/mol. The summed E-state index contributed by atoms with van der Waals surface area (Å²) >= 11 is 0. The van der Waals surface area contributed by atoms with E-state index in [1.165, 1.54) is 141 Å². The van der Waals surface area contributed by atoms with Gasteiger partial charge in [0.25, 0.3) is 0 Å². The number of carbonyl (C=O) groups is 3. The maximum absolute atomic E-state index is 12.7. The quantitative estimate of drug-likeness (QED) is 0.0263. The lowest BCUT2D eigenvalue weighted by Gasteiger charge is -2.18. The first kappa shape index (κ1) is 58.4. The molecule has 0 saturated carbocycles. The van der Waals surface area contributed by atoms with Gasteiger partial charge in [-0.05, 0) is 83.5 Å². The van der Waals surface area contributed by atoms with Crippen LogP contribution in [0.2, 0.25) is 0 Å². The third kappa shape index (κ3) is 48.3. The van der Waals surface area contributed by atoms with Crippen LogP contribution < -0.4 is 0 Å². The van der Waals surface area contributed by atoms with Crippen molar-refractivity contribution in [2.45, 2.75) is 271 Å². The zero-order valence-corrected chi connectivity index (χ0v) is 40.4. The van der Waals surface area contributed by atoms with Gasteiger partial charge >= 0.3 is 17.9 Å². The summed E-state index contributed by atoms with van der Waals surface area (Å²) in [7, 11) is 0. The highest BCUT2D eigenvalue weighted by atomic mass is 16.6. The molecule has 0 aliphatic carbocycles. The van der Waals surface area contributed by atoms with Gasteiger partial charge < -0.3 is 14.2 Å². The molecule has 0 aromatic carbocycles. The molecule has 0 N–H and O–H groups in total. The predicted octanol–water partition coefficient (Wildman–Crippen LogP) is 17.1. The number of hydrogen-bond acceptors (Lipinski definition) is 6. The fraction of sp³-hybridized carbons (Fsp3) is 0.800. The Morgan fingerprint density at radius 1 is 0.328 bits per heavy atom. The van der Waals surface area contributed by atoms with Crippen LogP contribution in [0.4, 0.5) is 0 Å². The van der Waals surface area contributed by atoms with E-state index in [1.54, 1.807) is 0 Å². The van der Waals surface area contributed by atoms with Crippen molar-refractivity contribution >= 4 is 17.9 Å². The van der Waals surface area contributed by atoms with Crippen molar-refractivity contribution in [1.29, 1.82) is 0 Å². The molecule has 0 fully saturated rings. The van der Waals surface area contributed by atoms with E-state index < -0.39 is 6.10 Å². The summed E-state index contributed by atoms with van der Waals surface area (Å²) in [4.78, 5) is 37.7. The number of esters is 3. The fourth-order valence-electron chi connectivity index (χ4n) is 7.33. The van der Waals surface area contributed by atoms with Gasteiger partial charge in [-0.1, -0.05) is 211 Å². The molecule has 0 bridgehead atoms. The average molecular weight is 855 g/mol. The van der Waals surface area contributed by atoms with Gasteiger partial charge in [0.1, 0.15) is 13.2 Å². The molecule has 0 aliphatic heterocycles. The van der Waals surface area contributed by atoms with Crippen LogP contribution in [0.15, 0.2) is 48.6 Å². The molecule has 0 aromatic heterocycles. The first-order valence-corrected chi connectivity index (χ1v) is 26.1. The molecule has 0 spiro atoms. The number of ether oxygens (including phenoxy) is 3. The SMILES string of the molecule is CCCCC/C=C\C/C=C\C/C=C\CCCCCCCCC(=O)OCC(COC(=O)CCCCCCC)OC(=O)CCCCCCCCCCC/C=C\CCCCCCCC. The van der Waals surface area contributed by atoms with E-state index in [1.807, 2.05) is 0 Å². The summed E-state index contributed by atoms with van der Waals surface area (Å²) in [6.07, 6.45) is 59.9. The van der Waals surface area contributed by atoms with Gasteiger partial charge in [0.15, 0.2) is 6.10 Å². The van der Waals surface area contributed by atoms with Crippen molar-refractivity contribution in [2.75, 3.05) is 13.2 Å². The minimum atomic E-state index is -0.774. The Morgan fingerprint density at radius 2 is 0.590 bits per heavy atom. The molecule has 0 saturated heterocycles. The normalized spacial score (nSPS) is 12.4. The maximum atomic E-state index is 12.7. The molecular formula is C55H98O6. The van der Waals surface area contributed by atoms with Crippen LogP contribution in [0.25, 0.3) is 0 Å². The van der Waals surface area contributed by atoms with Crippen LogP contribution in [-0.2, 0) is 28.6 Å². The van der Waals surface area contributed by atoms with Crippen LogP contribution in [0.5, 0.6) is 0 Å². The van der Waals surface area contributed by atoms with Gasteiger partial charge in [-0.3, -0.25) is 14.4 Å². The molecule has 6 heteroatoms. The minimum Gasteiger partial charge on any atom is -0.462 e. The maximum Gasteiger partial charge on any atom is 0.306 e. The van der Waals surface area contributed by atoms with Gasteiger partial charge in [0.2, 0.25) is 0 Å². The molecule has 1 atom stereocenters. The largest absolute Gasteiger partial charge is 0.462 e. The molecule has 0 amide bonds. The minimum absolute atomic E-state index is 0.0783. The Balaban J connectivity index is 4.17. The zero-order valence-electron chi connectivity index (χ0n) is 40.4. The lowest BCUT2D eigenvalue weighted by atomic mass is 10.1. The second-order valence-electron chi connectivity index (χ2n) is 17.4. The summed E-state index contributed by atoms with van der Waals surface area (Å²) in [5.41, 5.74) is 0. The summed E-state index contributed by atoms with van der Waals surface area (Å²) < 4.78 is 16.7. The van der Waals surface area contributed by atoms with Crippen LogP contribution in [0.1, 0.15) is 265 Å². The Hall–Kier alpha value is -2.63. The highest BCUT2D eigenvalue weighted by Gasteiger charge is 2.19. The molecular weight excluding hydrogens is 757 g/mol. The highest BCUT2D eigenvalue weighted by molar-refractivity contribution is 5.71. The molecule has 6 nitrogen and oxygen atoms in total. The average Bonchev–Trinajstić information content (AvgIpc) is 3.26. The number of rotatable bonds is 47. The molecule has 354 valence electrons. The molecule has 0 aromatic rings. The topological polar surface area (TPSA) is 78.9 Å². The van der Waals surface area contributed by atoms with Gasteiger partial charge in [-0.25, -0.2) is 0 Å². The standard InChI is InChI=1S/C55H98O6/c1-4-7-10-13-15-17-19-21-23-25-27-29-31-33-35-37-39-42-45-48-54(57)60-51-52(50-59-53(56)47-44-41-12-9-6-3)61-55(58)49-46-43-40-38-36-34-32-30-28-26-24-22-20-18-16-14-11-8-5-2/h15,17,21-24,27,29,52H,4-14,16,18-20,25-26,28,30-51H2,1-3H3/b17-15-,23-21-,24-22-,29-27-. The van der Waals surface area contributed by atoms with Crippen LogP contribution in [-0.4, -0.2) is 37.2 Å². The van der Waals surface area contributed by atoms with E-state index in [0.717, 1.165) is 83.5 Å². The second-order valence-corrected chi connectivity index (χ2v) is 17.4. The summed E-state index contributed by atoms with van der Waals surface area (Å²) in [6, 6.07) is 0. The second kappa shape index (κ2) is 50.0. The van der Waals surface area contributed by atoms with Crippen molar-refractivity contribution in [3.63, 3.8) is 0 Å². The lowest BCUT2D eigenvalue weighted by Crippen LogP contribution is -2.30. The first-order chi connectivity index (χ1) is 30.0. The molecule has 0 aliphatic rings. The smallest absolute Gasteiger partial charge is 0.306 e. The van der Waals surface area contributed by atoms with Crippen molar-refractivity contribution in [3.8, 4) is 0 Å². The van der Waals surface area contributed by atoms with Gasteiger partial charge in [-0.2, -0.15) is 0 Å². The van der Waals surface area contributed by atoms with Crippen LogP contribution in [0.3, 0.4) is 0 Å². The molecule has 61 heavy (non-hydrogen) atoms. The molecule has 0 radical (unpaired) electrons. The van der Waals surface area contributed by atoms with E-state index in [0.29, 0.717) is 19.3 Å². The van der Waals surface area contributed by atoms with Crippen LogP contribution >= 0.6 is 0 Å². The third-order valence-corrected chi connectivity index (χ3v) is 11.3. The zero-order chi connectivity index (χ0) is 44.4. The first-order valence-electron chi connectivity index (χ1n) is 26.1. The van der Waals surface area contributed by atoms with Gasteiger partial charge in [0, 0.05) is 19.3 Å². The van der Waals surface area contributed by atoms with Gasteiger partial charge in [-0.15, -0.1) is 0 Å². The lowest BCUT2D eigenvalue weighted by molar-refractivity contribution is -0.167. The van der Waals surface area contributed by atoms with Crippen molar-refractivity contribution in [3.05, 3.63) is 48.6 Å². The third-order valence-electron chi connectivity index (χ3n) is 11.3. The Kier molecular flexibility index (Phi) is 47.9. The van der Waals surface area contributed by atoms with Crippen molar-refractivity contribution < 1.29 is 28.6 Å². The Bertz CT molecular complexity index is 1070. The number of unbranched alkanes of at least 4 members (excludes halogenated alkanes) is 28. The van der Waals surface area contributed by atoms with E-state index in [9.17, 15) is 14.4 Å². The van der Waals surface area contributed by atoms with Crippen LogP contribution in [0, 0.1) is 0 Å².